The fourth-order valence-electron chi connectivity index (χ4n) is 3.94. The number of para-hydroxylation sites is 2. The standard InChI is InChI=1S/C23H24N4O/c1-17-21(15-26-12-4-5-13-26)25-23(28-17)19-10-8-18(9-11-19)14-27-16-24-20-6-2-3-7-22(20)27/h2-3,6-11,16H,4-5,12-15H2,1H3. The molecule has 5 nitrogen and oxygen atoms in total. The molecule has 1 fully saturated rings. The van der Waals surface area contributed by atoms with Gasteiger partial charge < -0.3 is 8.98 Å². The quantitative estimate of drug-likeness (QED) is 0.512. The van der Waals surface area contributed by atoms with E-state index in [-0.39, 0.29) is 0 Å². The first-order valence-electron chi connectivity index (χ1n) is 9.94. The molecule has 0 aliphatic carbocycles. The molecule has 1 saturated heterocycles. The van der Waals surface area contributed by atoms with Gasteiger partial charge in [-0.25, -0.2) is 9.97 Å². The molecule has 2 aromatic carbocycles. The number of aromatic nitrogens is 3. The Labute approximate surface area is 164 Å². The number of nitrogens with zero attached hydrogens (tertiary/aromatic N) is 4. The van der Waals surface area contributed by atoms with E-state index in [0.29, 0.717) is 5.89 Å². The number of hydrogen-bond donors (Lipinski definition) is 0. The number of oxazole rings is 1. The van der Waals surface area contributed by atoms with Gasteiger partial charge in [0.05, 0.1) is 23.1 Å². The molecule has 3 heterocycles. The van der Waals surface area contributed by atoms with Crippen LogP contribution >= 0.6 is 0 Å². The van der Waals surface area contributed by atoms with Crippen LogP contribution in [0.25, 0.3) is 22.5 Å². The molecule has 0 unspecified atom stereocenters. The summed E-state index contributed by atoms with van der Waals surface area (Å²) in [5.41, 5.74) is 5.50. The zero-order chi connectivity index (χ0) is 18.9. The van der Waals surface area contributed by atoms with Crippen LogP contribution in [0.1, 0.15) is 29.9 Å². The van der Waals surface area contributed by atoms with E-state index in [9.17, 15) is 0 Å². The number of imidazole rings is 1. The van der Waals surface area contributed by atoms with Gasteiger partial charge in [0, 0.05) is 18.7 Å². The van der Waals surface area contributed by atoms with Gasteiger partial charge in [-0.2, -0.15) is 0 Å². The van der Waals surface area contributed by atoms with Crippen molar-refractivity contribution in [3.8, 4) is 11.5 Å². The largest absolute Gasteiger partial charge is 0.441 e. The monoisotopic (exact) mass is 372 g/mol. The Morgan fingerprint density at radius 3 is 2.57 bits per heavy atom. The van der Waals surface area contributed by atoms with Crippen LogP contribution in [0.2, 0.25) is 0 Å². The summed E-state index contributed by atoms with van der Waals surface area (Å²) in [5.74, 6) is 1.64. The average Bonchev–Trinajstić information content (AvgIpc) is 3.45. The van der Waals surface area contributed by atoms with Crippen LogP contribution in [-0.2, 0) is 13.1 Å². The summed E-state index contributed by atoms with van der Waals surface area (Å²) in [6, 6.07) is 16.7. The SMILES string of the molecule is Cc1oc(-c2ccc(Cn3cnc4ccccc43)cc2)nc1CN1CCCC1. The van der Waals surface area contributed by atoms with Crippen molar-refractivity contribution in [1.29, 1.82) is 0 Å². The minimum absolute atomic E-state index is 0.714. The first kappa shape index (κ1) is 17.2. The highest BCUT2D eigenvalue weighted by Crippen LogP contribution is 2.24. The van der Waals surface area contributed by atoms with Crippen LogP contribution in [0.5, 0.6) is 0 Å². The van der Waals surface area contributed by atoms with Gasteiger partial charge in [-0.05, 0) is 62.7 Å². The molecule has 5 heteroatoms. The highest BCUT2D eigenvalue weighted by Gasteiger charge is 2.17. The number of rotatable bonds is 5. The van der Waals surface area contributed by atoms with E-state index >= 15 is 0 Å². The lowest BCUT2D eigenvalue weighted by atomic mass is 10.1. The molecule has 4 aromatic rings. The van der Waals surface area contributed by atoms with Crippen LogP contribution in [0, 0.1) is 6.92 Å². The van der Waals surface area contributed by atoms with Gasteiger partial charge in [-0.15, -0.1) is 0 Å². The maximum atomic E-state index is 5.96. The topological polar surface area (TPSA) is 47.1 Å². The summed E-state index contributed by atoms with van der Waals surface area (Å²) in [5, 5.41) is 0. The lowest BCUT2D eigenvalue weighted by Crippen LogP contribution is -2.19. The summed E-state index contributed by atoms with van der Waals surface area (Å²) < 4.78 is 8.14. The first-order valence-corrected chi connectivity index (χ1v) is 9.94. The number of hydrogen-bond acceptors (Lipinski definition) is 4. The summed E-state index contributed by atoms with van der Waals surface area (Å²) in [7, 11) is 0. The lowest BCUT2D eigenvalue weighted by molar-refractivity contribution is 0.325. The van der Waals surface area contributed by atoms with Crippen molar-refractivity contribution < 1.29 is 4.42 Å². The Bertz CT molecular complexity index is 1090. The summed E-state index contributed by atoms with van der Waals surface area (Å²) in [6.07, 6.45) is 4.48. The van der Waals surface area contributed by atoms with Crippen molar-refractivity contribution in [2.24, 2.45) is 0 Å². The van der Waals surface area contributed by atoms with E-state index in [2.05, 4.69) is 44.8 Å². The second-order valence-electron chi connectivity index (χ2n) is 7.56. The third kappa shape index (κ3) is 3.34. The molecular weight excluding hydrogens is 348 g/mol. The van der Waals surface area contributed by atoms with Crippen LogP contribution < -0.4 is 0 Å². The summed E-state index contributed by atoms with van der Waals surface area (Å²) in [6.45, 7) is 6.03. The zero-order valence-electron chi connectivity index (χ0n) is 16.1. The Morgan fingerprint density at radius 2 is 1.75 bits per heavy atom. The van der Waals surface area contributed by atoms with E-state index in [0.717, 1.165) is 41.1 Å². The number of likely N-dealkylation sites (tertiary alicyclic amines) is 1. The zero-order valence-corrected chi connectivity index (χ0v) is 16.1. The predicted molar refractivity (Wildman–Crippen MR) is 110 cm³/mol. The summed E-state index contributed by atoms with van der Waals surface area (Å²) >= 11 is 0. The third-order valence-corrected chi connectivity index (χ3v) is 5.55. The van der Waals surface area contributed by atoms with Gasteiger partial charge in [0.1, 0.15) is 5.76 Å². The Hall–Kier alpha value is -2.92. The minimum Gasteiger partial charge on any atom is -0.441 e. The smallest absolute Gasteiger partial charge is 0.226 e. The first-order chi connectivity index (χ1) is 13.8. The van der Waals surface area contributed by atoms with Gasteiger partial charge in [0.2, 0.25) is 5.89 Å². The lowest BCUT2D eigenvalue weighted by Gasteiger charge is -2.12. The fourth-order valence-corrected chi connectivity index (χ4v) is 3.94. The molecule has 0 atom stereocenters. The molecular formula is C23H24N4O. The number of aryl methyl sites for hydroxylation is 1. The molecule has 1 aliphatic rings. The predicted octanol–water partition coefficient (Wildman–Crippen LogP) is 4.64. The van der Waals surface area contributed by atoms with Crippen LogP contribution in [0.4, 0.5) is 0 Å². The second kappa shape index (κ2) is 7.24. The Kier molecular flexibility index (Phi) is 4.45. The molecule has 1 aliphatic heterocycles. The van der Waals surface area contributed by atoms with E-state index in [1.165, 1.54) is 31.5 Å². The van der Waals surface area contributed by atoms with E-state index in [1.807, 2.05) is 31.5 Å². The highest BCUT2D eigenvalue weighted by molar-refractivity contribution is 5.75. The van der Waals surface area contributed by atoms with E-state index in [4.69, 9.17) is 9.40 Å². The second-order valence-corrected chi connectivity index (χ2v) is 7.56. The maximum absolute atomic E-state index is 5.96. The minimum atomic E-state index is 0.714. The van der Waals surface area contributed by atoms with E-state index in [1.54, 1.807) is 0 Å². The fraction of sp³-hybridized carbons (Fsp3) is 0.304. The van der Waals surface area contributed by atoms with Crippen molar-refractivity contribution in [1.82, 2.24) is 19.4 Å². The highest BCUT2D eigenvalue weighted by atomic mass is 16.4. The van der Waals surface area contributed by atoms with Gasteiger partial charge in [0.15, 0.2) is 0 Å². The van der Waals surface area contributed by atoms with Crippen LogP contribution in [-0.4, -0.2) is 32.5 Å². The molecule has 0 amide bonds. The molecule has 5 rings (SSSR count). The third-order valence-electron chi connectivity index (χ3n) is 5.55. The van der Waals surface area contributed by atoms with Gasteiger partial charge in [-0.1, -0.05) is 24.3 Å². The molecule has 0 radical (unpaired) electrons. The van der Waals surface area contributed by atoms with Crippen LogP contribution in [0.15, 0.2) is 59.3 Å². The van der Waals surface area contributed by atoms with Crippen molar-refractivity contribution >= 4 is 11.0 Å². The molecule has 0 bridgehead atoms. The average molecular weight is 372 g/mol. The Morgan fingerprint density at radius 1 is 0.964 bits per heavy atom. The molecule has 0 saturated carbocycles. The number of benzene rings is 2. The van der Waals surface area contributed by atoms with Crippen molar-refractivity contribution in [2.45, 2.75) is 32.9 Å². The normalized spacial score (nSPS) is 14.9. The number of fused-ring (bicyclic) bond motifs is 1. The van der Waals surface area contributed by atoms with Crippen molar-refractivity contribution in [2.75, 3.05) is 13.1 Å². The molecule has 2 aromatic heterocycles. The van der Waals surface area contributed by atoms with Crippen molar-refractivity contribution in [3.63, 3.8) is 0 Å². The molecule has 0 N–H and O–H groups in total. The molecule has 28 heavy (non-hydrogen) atoms. The molecule has 0 spiro atoms. The van der Waals surface area contributed by atoms with Gasteiger partial charge in [-0.3, -0.25) is 4.90 Å². The van der Waals surface area contributed by atoms with E-state index < -0.39 is 0 Å². The Balaban J connectivity index is 1.33. The molecule has 142 valence electrons. The maximum Gasteiger partial charge on any atom is 0.226 e. The summed E-state index contributed by atoms with van der Waals surface area (Å²) in [4.78, 5) is 11.7. The van der Waals surface area contributed by atoms with Crippen molar-refractivity contribution in [3.05, 3.63) is 71.9 Å². The van der Waals surface area contributed by atoms with Gasteiger partial charge in [0.25, 0.3) is 0 Å². The van der Waals surface area contributed by atoms with Gasteiger partial charge >= 0.3 is 0 Å². The van der Waals surface area contributed by atoms with Crippen LogP contribution in [0.3, 0.4) is 0 Å².